The molecule has 25 heteroatoms. The summed E-state index contributed by atoms with van der Waals surface area (Å²) in [5.74, 6) is -11.7. The second kappa shape index (κ2) is 41.4. The van der Waals surface area contributed by atoms with E-state index in [0.717, 1.165) is 25.7 Å². The molecule has 0 aromatic heterocycles. The number of unbranched alkanes of at least 4 members (excludes halogenated alkanes) is 4. The maximum atomic E-state index is 14.7. The minimum absolute atomic E-state index is 0.0192. The van der Waals surface area contributed by atoms with Gasteiger partial charge in [-0.3, -0.25) is 52.7 Å². The first-order chi connectivity index (χ1) is 40.4. The summed E-state index contributed by atoms with van der Waals surface area (Å²) in [7, 11) is 0. The number of ketones is 4. The Morgan fingerprint density at radius 3 is 1.80 bits per heavy atom. The third-order valence-electron chi connectivity index (χ3n) is 15.1. The van der Waals surface area contributed by atoms with Crippen LogP contribution in [0.25, 0.3) is 0 Å². The van der Waals surface area contributed by atoms with Crippen LogP contribution in [0.15, 0.2) is 30.3 Å². The van der Waals surface area contributed by atoms with Crippen molar-refractivity contribution in [3.63, 3.8) is 0 Å². The van der Waals surface area contributed by atoms with Crippen molar-refractivity contribution < 1.29 is 63.0 Å². The molecule has 12 atom stereocenters. The number of carbonyl (C=O) groups is 11. The van der Waals surface area contributed by atoms with Gasteiger partial charge in [0.2, 0.25) is 41.4 Å². The van der Waals surface area contributed by atoms with E-state index in [9.17, 15) is 63.0 Å². The van der Waals surface area contributed by atoms with E-state index in [0.29, 0.717) is 17.7 Å². The molecule has 17 N–H and O–H groups in total. The zero-order valence-electron chi connectivity index (χ0n) is 51.0. The molecule has 1 saturated heterocycles. The van der Waals surface area contributed by atoms with Gasteiger partial charge in [-0.2, -0.15) is 11.8 Å². The molecule has 2 rings (SSSR count). The average molecular weight is 1220 g/mol. The minimum atomic E-state index is -1.61. The lowest BCUT2D eigenvalue weighted by Gasteiger charge is -2.28. The highest BCUT2D eigenvalue weighted by Gasteiger charge is 2.38. The third kappa shape index (κ3) is 28.1. The van der Waals surface area contributed by atoms with Crippen LogP contribution in [-0.4, -0.2) is 168 Å². The SMILES string of the molecule is CCCCCCCC(=O)C[C@@H](CCN)C(=O)N[C@H](C(=O)C[C@@H](CCSC)C(=O)N[C@H]1CCNC(=O)[C@H]([C@@H](C)O)NC(=O)[C@H](CCN)CC(=O)[C@H](CCN)NC(=O)[C@H](CC(C)C)NC(=O)[C@@H](Cc2ccccc2)CC(=O)[C@H](CCN)NC1=O)[C@@H](C)O. The van der Waals surface area contributed by atoms with Crippen molar-refractivity contribution in [1.82, 2.24) is 37.2 Å². The van der Waals surface area contributed by atoms with Crippen LogP contribution in [-0.2, 0) is 59.2 Å². The van der Waals surface area contributed by atoms with Gasteiger partial charge in [-0.05, 0) is 121 Å². The molecule has 1 fully saturated rings. The summed E-state index contributed by atoms with van der Waals surface area (Å²) in [4.78, 5) is 155. The predicted molar refractivity (Wildman–Crippen MR) is 326 cm³/mol. The molecule has 1 aliphatic rings. The van der Waals surface area contributed by atoms with Crippen LogP contribution in [0.3, 0.4) is 0 Å². The molecule has 7 amide bonds. The summed E-state index contributed by atoms with van der Waals surface area (Å²) >= 11 is 1.36. The van der Waals surface area contributed by atoms with E-state index in [2.05, 4.69) is 44.1 Å². The maximum Gasteiger partial charge on any atom is 0.245 e. The third-order valence-corrected chi connectivity index (χ3v) is 15.7. The normalized spacial score (nSPS) is 22.8. The molecule has 0 radical (unpaired) electrons. The van der Waals surface area contributed by atoms with Gasteiger partial charge in [-0.1, -0.05) is 76.8 Å². The topological polar surface area (TPSA) is 417 Å². The molecule has 480 valence electrons. The molecule has 0 bridgehead atoms. The largest absolute Gasteiger partial charge is 0.391 e. The summed E-state index contributed by atoms with van der Waals surface area (Å²) in [6.45, 7) is 7.73. The quantitative estimate of drug-likeness (QED) is 0.0431. The Labute approximate surface area is 506 Å². The summed E-state index contributed by atoms with van der Waals surface area (Å²) < 4.78 is 0. The molecule has 0 saturated carbocycles. The van der Waals surface area contributed by atoms with Crippen molar-refractivity contribution in [3.8, 4) is 0 Å². The van der Waals surface area contributed by atoms with Crippen LogP contribution in [0.1, 0.15) is 149 Å². The first-order valence-corrected chi connectivity index (χ1v) is 31.7. The van der Waals surface area contributed by atoms with Crippen LogP contribution >= 0.6 is 11.8 Å². The summed E-state index contributed by atoms with van der Waals surface area (Å²) in [6.07, 6.45) is 1.94. The number of nitrogens with one attached hydrogen (secondary N) is 7. The Morgan fingerprint density at radius 2 is 1.24 bits per heavy atom. The van der Waals surface area contributed by atoms with Gasteiger partial charge < -0.3 is 70.4 Å². The summed E-state index contributed by atoms with van der Waals surface area (Å²) in [5, 5.41) is 40.4. The number of hydrogen-bond donors (Lipinski definition) is 13. The number of amides is 7. The fourth-order valence-electron chi connectivity index (χ4n) is 10.2. The molecule has 0 spiro atoms. The van der Waals surface area contributed by atoms with E-state index in [1.54, 1.807) is 36.6 Å². The molecule has 1 aromatic carbocycles. The van der Waals surface area contributed by atoms with Gasteiger partial charge in [0.05, 0.1) is 24.3 Å². The van der Waals surface area contributed by atoms with Crippen molar-refractivity contribution in [2.45, 2.75) is 199 Å². The van der Waals surface area contributed by atoms with Crippen LogP contribution in [0, 0.1) is 29.6 Å². The number of aliphatic hydroxyl groups excluding tert-OH is 2. The number of aliphatic hydroxyl groups is 2. The first-order valence-electron chi connectivity index (χ1n) is 30.3. The first kappa shape index (κ1) is 75.4. The number of hydrogen-bond acceptors (Lipinski definition) is 18. The van der Waals surface area contributed by atoms with E-state index < -0.39 is 150 Å². The monoisotopic (exact) mass is 1220 g/mol. The highest BCUT2D eigenvalue weighted by atomic mass is 32.2. The van der Waals surface area contributed by atoms with Crippen molar-refractivity contribution in [1.29, 1.82) is 0 Å². The van der Waals surface area contributed by atoms with Gasteiger partial charge in [0, 0.05) is 62.3 Å². The summed E-state index contributed by atoms with van der Waals surface area (Å²) in [5.41, 5.74) is 24.4. The van der Waals surface area contributed by atoms with Gasteiger partial charge in [0.1, 0.15) is 30.0 Å². The predicted octanol–water partition coefficient (Wildman–Crippen LogP) is 0.276. The van der Waals surface area contributed by atoms with Crippen molar-refractivity contribution in [2.24, 2.45) is 52.5 Å². The van der Waals surface area contributed by atoms with Crippen LogP contribution in [0.2, 0.25) is 0 Å². The van der Waals surface area contributed by atoms with E-state index in [1.165, 1.54) is 25.6 Å². The molecule has 24 nitrogen and oxygen atoms in total. The number of nitrogens with two attached hydrogens (primary N) is 4. The minimum Gasteiger partial charge on any atom is -0.391 e. The molecule has 1 aromatic rings. The molecular formula is C60H101N11O13S. The smallest absolute Gasteiger partial charge is 0.245 e. The van der Waals surface area contributed by atoms with Gasteiger partial charge in [0.25, 0.3) is 0 Å². The number of benzene rings is 1. The second-order valence-corrected chi connectivity index (χ2v) is 23.9. The van der Waals surface area contributed by atoms with Crippen LogP contribution in [0.4, 0.5) is 0 Å². The van der Waals surface area contributed by atoms with Crippen LogP contribution < -0.4 is 60.2 Å². The molecule has 1 aliphatic heterocycles. The Morgan fingerprint density at radius 1 is 0.659 bits per heavy atom. The van der Waals surface area contributed by atoms with Crippen LogP contribution in [0.5, 0.6) is 0 Å². The Kier molecular flexibility index (Phi) is 36.7. The number of Topliss-reactive ketones (excluding diaryl/α,β-unsaturated/α-hetero) is 4. The standard InChI is InChI=1S/C60H101N11O13S/c1-7-8-9-10-14-17-44(74)32-40(18-24-61)55(79)70-52(37(4)72)51(77)34-42(23-29-85-6)54(78)68-47-22-28-65-60(84)53(38(5)73)71-56(80)41(19-25-62)33-49(75)45(20-26-63)67-59(83)48(30-36(2)3)69-57(81)43(31-39-15-12-11-13-16-39)35-50(76)46(21-27-64)66-58(47)82/h11-13,15-16,36-38,40-43,45-48,52-53,72-73H,7-10,14,17-35,61-64H2,1-6H3,(H,65,84)(H,66,82)(H,67,83)(H,68,78)(H,69,81)(H,70,79)(H,71,80)/t37-,38-,40-,41-,42-,43+,45+,46+,47+,48+,52+,53+/m1/s1. The highest BCUT2D eigenvalue weighted by Crippen LogP contribution is 2.21. The Balaban J connectivity index is 2.71. The van der Waals surface area contributed by atoms with Gasteiger partial charge in [0.15, 0.2) is 17.3 Å². The molecule has 1 heterocycles. The number of rotatable bonds is 32. The molecule has 85 heavy (non-hydrogen) atoms. The Bertz CT molecular complexity index is 2290. The van der Waals surface area contributed by atoms with Gasteiger partial charge >= 0.3 is 0 Å². The second-order valence-electron chi connectivity index (χ2n) is 22.9. The lowest BCUT2D eigenvalue weighted by atomic mass is 9.89. The molecular weight excluding hydrogens is 1110 g/mol. The lowest BCUT2D eigenvalue weighted by molar-refractivity contribution is -0.137. The fraction of sp³-hybridized carbons (Fsp3) is 0.717. The van der Waals surface area contributed by atoms with Crippen molar-refractivity contribution >= 4 is 76.2 Å². The van der Waals surface area contributed by atoms with E-state index in [4.69, 9.17) is 22.9 Å². The lowest BCUT2D eigenvalue weighted by Crippen LogP contribution is -2.56. The zero-order valence-corrected chi connectivity index (χ0v) is 51.8. The number of thioether (sulfide) groups is 1. The fourth-order valence-corrected chi connectivity index (χ4v) is 10.7. The average Bonchev–Trinajstić information content (AvgIpc) is 3.61. The van der Waals surface area contributed by atoms with E-state index in [1.807, 2.05) is 13.8 Å². The van der Waals surface area contributed by atoms with Crippen molar-refractivity contribution in [3.05, 3.63) is 35.9 Å². The Hall–Kier alpha value is -5.70. The number of carbonyl (C=O) groups excluding carboxylic acids is 11. The van der Waals surface area contributed by atoms with Gasteiger partial charge in [-0.15, -0.1) is 0 Å². The summed E-state index contributed by atoms with van der Waals surface area (Å²) in [6, 6.07) is 0.366. The van der Waals surface area contributed by atoms with Crippen molar-refractivity contribution in [2.75, 3.05) is 44.7 Å². The van der Waals surface area contributed by atoms with Gasteiger partial charge in [-0.25, -0.2) is 0 Å². The molecule has 0 aliphatic carbocycles. The highest BCUT2D eigenvalue weighted by molar-refractivity contribution is 7.98. The molecule has 0 unspecified atom stereocenters. The maximum absolute atomic E-state index is 14.7. The van der Waals surface area contributed by atoms with E-state index >= 15 is 0 Å². The zero-order chi connectivity index (χ0) is 63.6. The van der Waals surface area contributed by atoms with E-state index in [-0.39, 0.29) is 109 Å².